The SMILES string of the molecule is Cl.Cl.NC1(C(=O)N2CCC(c3nc4cc(Cl)ccc4s3)CC2)CCOCC1. The van der Waals surface area contributed by atoms with E-state index in [2.05, 4.69) is 0 Å². The Bertz CT molecular complexity index is 787. The molecule has 0 saturated carbocycles. The van der Waals surface area contributed by atoms with Gasteiger partial charge in [-0.1, -0.05) is 11.6 Å². The summed E-state index contributed by atoms with van der Waals surface area (Å²) in [6, 6.07) is 5.85. The van der Waals surface area contributed by atoms with Crippen molar-refractivity contribution >= 4 is 63.9 Å². The molecule has 0 atom stereocenters. The number of likely N-dealkylation sites (tertiary alicyclic amines) is 1. The second-order valence-electron chi connectivity index (χ2n) is 7.00. The Morgan fingerprint density at radius 2 is 1.93 bits per heavy atom. The van der Waals surface area contributed by atoms with Crippen LogP contribution in [0.2, 0.25) is 5.02 Å². The van der Waals surface area contributed by atoms with Crippen LogP contribution in [-0.4, -0.2) is 47.6 Å². The van der Waals surface area contributed by atoms with E-state index in [9.17, 15) is 4.79 Å². The normalized spacial score (nSPS) is 20.0. The van der Waals surface area contributed by atoms with Gasteiger partial charge in [-0.3, -0.25) is 4.79 Å². The van der Waals surface area contributed by atoms with Gasteiger partial charge >= 0.3 is 0 Å². The molecule has 9 heteroatoms. The minimum Gasteiger partial charge on any atom is -0.381 e. The number of halogens is 3. The van der Waals surface area contributed by atoms with E-state index in [0.29, 0.717) is 32.0 Å². The molecule has 2 aromatic rings. The topological polar surface area (TPSA) is 68.5 Å². The number of thiazole rings is 1. The average molecular weight is 453 g/mol. The highest BCUT2D eigenvalue weighted by atomic mass is 35.5. The number of nitrogens with zero attached hydrogens (tertiary/aromatic N) is 2. The van der Waals surface area contributed by atoms with E-state index in [1.807, 2.05) is 23.1 Å². The van der Waals surface area contributed by atoms with Crippen molar-refractivity contribution in [1.29, 1.82) is 0 Å². The predicted octanol–water partition coefficient (Wildman–Crippen LogP) is 4.01. The minimum atomic E-state index is -0.738. The third kappa shape index (κ3) is 4.69. The molecule has 2 saturated heterocycles. The van der Waals surface area contributed by atoms with Crippen molar-refractivity contribution in [2.24, 2.45) is 5.73 Å². The van der Waals surface area contributed by atoms with Gasteiger partial charge in [0.2, 0.25) is 5.91 Å². The fourth-order valence-electron chi connectivity index (χ4n) is 3.69. The zero-order valence-corrected chi connectivity index (χ0v) is 18.1. The van der Waals surface area contributed by atoms with E-state index in [0.717, 1.165) is 41.5 Å². The van der Waals surface area contributed by atoms with Gasteiger partial charge in [0.1, 0.15) is 0 Å². The molecule has 2 aliphatic heterocycles. The van der Waals surface area contributed by atoms with Gasteiger partial charge in [0.25, 0.3) is 0 Å². The molecule has 2 aliphatic rings. The molecule has 0 unspecified atom stereocenters. The maximum atomic E-state index is 12.8. The molecule has 0 bridgehead atoms. The van der Waals surface area contributed by atoms with Crippen LogP contribution >= 0.6 is 47.8 Å². The molecule has 2 fully saturated rings. The third-order valence-electron chi connectivity index (χ3n) is 5.31. The number of benzene rings is 1. The standard InChI is InChI=1S/C18H22ClN3O2S.2ClH/c19-13-1-2-15-14(11-13)21-16(25-15)12-3-7-22(8-4-12)17(23)18(20)5-9-24-10-6-18;;/h1-2,11-12H,3-10,20H2;2*1H. The number of hydrogen-bond acceptors (Lipinski definition) is 5. The summed E-state index contributed by atoms with van der Waals surface area (Å²) >= 11 is 7.79. The van der Waals surface area contributed by atoms with Crippen LogP contribution in [0.15, 0.2) is 18.2 Å². The zero-order chi connectivity index (χ0) is 17.4. The van der Waals surface area contributed by atoms with Gasteiger partial charge in [0.05, 0.1) is 20.8 Å². The van der Waals surface area contributed by atoms with Crippen LogP contribution in [0.25, 0.3) is 10.2 Å². The van der Waals surface area contributed by atoms with Crippen molar-refractivity contribution in [3.63, 3.8) is 0 Å². The van der Waals surface area contributed by atoms with Crippen LogP contribution in [0.5, 0.6) is 0 Å². The molecule has 4 rings (SSSR count). The predicted molar refractivity (Wildman–Crippen MR) is 115 cm³/mol. The summed E-state index contributed by atoms with van der Waals surface area (Å²) in [5.74, 6) is 0.494. The van der Waals surface area contributed by atoms with Crippen LogP contribution in [0.3, 0.4) is 0 Å². The molecule has 1 aromatic carbocycles. The molecule has 150 valence electrons. The molecule has 0 aliphatic carbocycles. The van der Waals surface area contributed by atoms with Crippen LogP contribution < -0.4 is 5.73 Å². The zero-order valence-electron chi connectivity index (χ0n) is 14.9. The summed E-state index contributed by atoms with van der Waals surface area (Å²) < 4.78 is 6.52. The molecule has 27 heavy (non-hydrogen) atoms. The number of piperidine rings is 1. The van der Waals surface area contributed by atoms with E-state index >= 15 is 0 Å². The highest BCUT2D eigenvalue weighted by Crippen LogP contribution is 2.35. The van der Waals surface area contributed by atoms with E-state index < -0.39 is 5.54 Å². The number of carbonyl (C=O) groups is 1. The number of ether oxygens (including phenoxy) is 1. The molecule has 5 nitrogen and oxygen atoms in total. The summed E-state index contributed by atoms with van der Waals surface area (Å²) in [7, 11) is 0. The van der Waals surface area contributed by atoms with Crippen molar-refractivity contribution in [3.05, 3.63) is 28.2 Å². The number of fused-ring (bicyclic) bond motifs is 1. The Morgan fingerprint density at radius 1 is 1.26 bits per heavy atom. The van der Waals surface area contributed by atoms with Gasteiger partial charge < -0.3 is 15.4 Å². The lowest BCUT2D eigenvalue weighted by Crippen LogP contribution is -2.59. The fourth-order valence-corrected chi connectivity index (χ4v) is 4.97. The van der Waals surface area contributed by atoms with Gasteiger partial charge in [-0.25, -0.2) is 4.98 Å². The molecule has 1 amide bonds. The molecule has 2 N–H and O–H groups in total. The van der Waals surface area contributed by atoms with Crippen LogP contribution in [-0.2, 0) is 9.53 Å². The van der Waals surface area contributed by atoms with Crippen molar-refractivity contribution in [2.75, 3.05) is 26.3 Å². The summed E-state index contributed by atoms with van der Waals surface area (Å²) in [4.78, 5) is 19.5. The lowest BCUT2D eigenvalue weighted by Gasteiger charge is -2.39. The monoisotopic (exact) mass is 451 g/mol. The third-order valence-corrected chi connectivity index (χ3v) is 6.74. The maximum Gasteiger partial charge on any atom is 0.242 e. The maximum absolute atomic E-state index is 12.8. The number of amides is 1. The lowest BCUT2D eigenvalue weighted by atomic mass is 9.88. The first-order chi connectivity index (χ1) is 12.0. The number of aromatic nitrogens is 1. The first-order valence-electron chi connectivity index (χ1n) is 8.77. The Hall–Kier alpha value is -0.630. The Morgan fingerprint density at radius 3 is 2.59 bits per heavy atom. The minimum absolute atomic E-state index is 0. The summed E-state index contributed by atoms with van der Waals surface area (Å²) in [6.45, 7) is 2.65. The van der Waals surface area contributed by atoms with Crippen LogP contribution in [0.4, 0.5) is 0 Å². The summed E-state index contributed by atoms with van der Waals surface area (Å²) in [5, 5.41) is 1.87. The van der Waals surface area contributed by atoms with Gasteiger partial charge in [-0.05, 0) is 43.9 Å². The highest BCUT2D eigenvalue weighted by molar-refractivity contribution is 7.18. The summed E-state index contributed by atoms with van der Waals surface area (Å²) in [6.07, 6.45) is 3.10. The van der Waals surface area contributed by atoms with Gasteiger partial charge in [-0.15, -0.1) is 36.2 Å². The largest absolute Gasteiger partial charge is 0.381 e. The average Bonchev–Trinajstić information content (AvgIpc) is 3.05. The number of carbonyl (C=O) groups excluding carboxylic acids is 1. The first kappa shape index (κ1) is 22.7. The Balaban J connectivity index is 0.00000131. The number of hydrogen-bond donors (Lipinski definition) is 1. The number of nitrogens with two attached hydrogens (primary N) is 1. The molecule has 1 aromatic heterocycles. The van der Waals surface area contributed by atoms with Crippen molar-refractivity contribution in [2.45, 2.75) is 37.1 Å². The second-order valence-corrected chi connectivity index (χ2v) is 8.50. The molecular formula is C18H24Cl3N3O2S. The summed E-state index contributed by atoms with van der Waals surface area (Å²) in [5.41, 5.74) is 6.58. The van der Waals surface area contributed by atoms with Crippen molar-refractivity contribution in [1.82, 2.24) is 9.88 Å². The van der Waals surface area contributed by atoms with E-state index in [-0.39, 0.29) is 30.7 Å². The van der Waals surface area contributed by atoms with Crippen LogP contribution in [0, 0.1) is 0 Å². The van der Waals surface area contributed by atoms with Crippen LogP contribution in [0.1, 0.15) is 36.6 Å². The Labute approximate surface area is 180 Å². The van der Waals surface area contributed by atoms with Crippen molar-refractivity contribution < 1.29 is 9.53 Å². The molecule has 0 radical (unpaired) electrons. The smallest absolute Gasteiger partial charge is 0.242 e. The van der Waals surface area contributed by atoms with E-state index in [4.69, 9.17) is 27.1 Å². The Kier molecular flexibility index (Phi) is 7.76. The quantitative estimate of drug-likeness (QED) is 0.747. The fraction of sp³-hybridized carbons (Fsp3) is 0.556. The molecular weight excluding hydrogens is 429 g/mol. The van der Waals surface area contributed by atoms with E-state index in [1.54, 1.807) is 11.3 Å². The van der Waals surface area contributed by atoms with Gasteiger partial charge in [0.15, 0.2) is 0 Å². The molecule has 3 heterocycles. The lowest BCUT2D eigenvalue weighted by molar-refractivity contribution is -0.141. The molecule has 0 spiro atoms. The first-order valence-corrected chi connectivity index (χ1v) is 9.97. The van der Waals surface area contributed by atoms with Crippen molar-refractivity contribution in [3.8, 4) is 0 Å². The second kappa shape index (κ2) is 9.25. The van der Waals surface area contributed by atoms with Gasteiger partial charge in [0, 0.05) is 37.2 Å². The number of rotatable bonds is 2. The highest BCUT2D eigenvalue weighted by Gasteiger charge is 2.40. The van der Waals surface area contributed by atoms with E-state index in [1.165, 1.54) is 4.70 Å². The van der Waals surface area contributed by atoms with Gasteiger partial charge in [-0.2, -0.15) is 0 Å².